The Morgan fingerprint density at radius 2 is 1.88 bits per heavy atom. The van der Waals surface area contributed by atoms with Gasteiger partial charge in [0.25, 0.3) is 0 Å². The van der Waals surface area contributed by atoms with Crippen molar-refractivity contribution in [2.45, 2.75) is 38.7 Å². The van der Waals surface area contributed by atoms with Crippen molar-refractivity contribution in [1.82, 2.24) is 4.90 Å². The van der Waals surface area contributed by atoms with Crippen LogP contribution in [0, 0.1) is 11.8 Å². The molecule has 0 N–H and O–H groups in total. The third kappa shape index (κ3) is 4.55. The van der Waals surface area contributed by atoms with Gasteiger partial charge in [-0.1, -0.05) is 52.4 Å². The largest absolute Gasteiger partial charge is 0.444 e. The molecule has 3 nitrogen and oxygen atoms in total. The van der Waals surface area contributed by atoms with Crippen molar-refractivity contribution in [3.05, 3.63) is 58.6 Å². The lowest BCUT2D eigenvalue weighted by atomic mass is 9.77. The summed E-state index contributed by atoms with van der Waals surface area (Å²) in [4.78, 5) is 14.5. The van der Waals surface area contributed by atoms with Crippen molar-refractivity contribution < 1.29 is 9.53 Å². The summed E-state index contributed by atoms with van der Waals surface area (Å²) in [6.45, 7) is 7.21. The van der Waals surface area contributed by atoms with Gasteiger partial charge in [0.05, 0.1) is 0 Å². The molecule has 1 unspecified atom stereocenters. The van der Waals surface area contributed by atoms with Crippen molar-refractivity contribution in [2.75, 3.05) is 13.1 Å². The molecule has 3 atom stereocenters. The molecule has 0 spiro atoms. The molecule has 1 aromatic rings. The van der Waals surface area contributed by atoms with E-state index < -0.39 is 5.60 Å². The van der Waals surface area contributed by atoms with Gasteiger partial charge >= 0.3 is 6.09 Å². The average Bonchev–Trinajstić information content (AvgIpc) is 3.00. The van der Waals surface area contributed by atoms with Crippen LogP contribution in [0.1, 0.15) is 38.7 Å². The highest BCUT2D eigenvalue weighted by Gasteiger charge is 2.40. The molecule has 0 aromatic heterocycles. The minimum Gasteiger partial charge on any atom is -0.444 e. The topological polar surface area (TPSA) is 29.5 Å². The molecule has 3 rings (SSSR count). The zero-order valence-corrected chi connectivity index (χ0v) is 16.7. The van der Waals surface area contributed by atoms with E-state index in [1.54, 1.807) is 0 Å². The fourth-order valence-electron chi connectivity index (χ4n) is 3.72. The molecule has 0 radical (unpaired) electrons. The predicted molar refractivity (Wildman–Crippen MR) is 105 cm³/mol. The molecule has 2 aliphatic rings. The molecule has 1 heterocycles. The van der Waals surface area contributed by atoms with Gasteiger partial charge in [0.2, 0.25) is 0 Å². The number of nitrogens with zero attached hydrogens (tertiary/aromatic N) is 1. The van der Waals surface area contributed by atoms with Crippen molar-refractivity contribution >= 4 is 22.0 Å². The zero-order valence-electron chi connectivity index (χ0n) is 15.1. The highest BCUT2D eigenvalue weighted by atomic mass is 79.9. The molecule has 1 aromatic carbocycles. The second kappa shape index (κ2) is 7.36. The molecule has 1 fully saturated rings. The first-order valence-electron chi connectivity index (χ1n) is 8.90. The number of carbonyl (C=O) groups is 1. The van der Waals surface area contributed by atoms with Crippen LogP contribution < -0.4 is 0 Å². The Balaban J connectivity index is 1.82. The van der Waals surface area contributed by atoms with Gasteiger partial charge in [0, 0.05) is 23.5 Å². The van der Waals surface area contributed by atoms with Crippen LogP contribution in [-0.4, -0.2) is 29.7 Å². The van der Waals surface area contributed by atoms with Gasteiger partial charge < -0.3 is 9.64 Å². The smallest absolute Gasteiger partial charge is 0.410 e. The Morgan fingerprint density at radius 3 is 2.48 bits per heavy atom. The maximum absolute atomic E-state index is 12.6. The van der Waals surface area contributed by atoms with Crippen LogP contribution in [0.15, 0.2) is 53.0 Å². The molecular formula is C21H26BrNO2. The van der Waals surface area contributed by atoms with E-state index in [0.717, 1.165) is 24.0 Å². The number of benzene rings is 1. The van der Waals surface area contributed by atoms with Crippen molar-refractivity contribution in [3.63, 3.8) is 0 Å². The predicted octanol–water partition coefficient (Wildman–Crippen LogP) is 5.53. The monoisotopic (exact) mass is 403 g/mol. The van der Waals surface area contributed by atoms with E-state index in [-0.39, 0.29) is 6.09 Å². The second-order valence-corrected chi connectivity index (χ2v) is 8.84. The molecule has 1 saturated heterocycles. The number of halogens is 1. The van der Waals surface area contributed by atoms with E-state index in [2.05, 4.69) is 64.5 Å². The van der Waals surface area contributed by atoms with E-state index in [1.165, 1.54) is 5.56 Å². The lowest BCUT2D eigenvalue weighted by molar-refractivity contribution is 0.0284. The Hall–Kier alpha value is -1.55. The third-order valence-electron chi connectivity index (χ3n) is 4.88. The maximum Gasteiger partial charge on any atom is 0.410 e. The fourth-order valence-corrected chi connectivity index (χ4v) is 3.98. The van der Waals surface area contributed by atoms with Crippen LogP contribution in [0.3, 0.4) is 0 Å². The summed E-state index contributed by atoms with van der Waals surface area (Å²) in [5.74, 6) is 1.21. The van der Waals surface area contributed by atoms with Gasteiger partial charge in [0.15, 0.2) is 0 Å². The number of likely N-dealkylation sites (tertiary alicyclic amines) is 1. The molecule has 0 bridgehead atoms. The van der Waals surface area contributed by atoms with Crippen LogP contribution in [0.5, 0.6) is 0 Å². The molecule has 1 amide bonds. The summed E-state index contributed by atoms with van der Waals surface area (Å²) in [7, 11) is 0. The van der Waals surface area contributed by atoms with E-state index in [1.807, 2.05) is 25.7 Å². The normalized spacial score (nSPS) is 26.1. The first-order chi connectivity index (χ1) is 11.8. The van der Waals surface area contributed by atoms with Crippen molar-refractivity contribution in [1.29, 1.82) is 0 Å². The Morgan fingerprint density at radius 1 is 1.16 bits per heavy atom. The van der Waals surface area contributed by atoms with Gasteiger partial charge in [-0.25, -0.2) is 4.79 Å². The van der Waals surface area contributed by atoms with Crippen LogP contribution in [0.25, 0.3) is 0 Å². The minimum absolute atomic E-state index is 0.201. The molecule has 1 aliphatic carbocycles. The fraction of sp³-hybridized carbons (Fsp3) is 0.476. The summed E-state index contributed by atoms with van der Waals surface area (Å²) in [5, 5.41) is 0. The summed E-state index contributed by atoms with van der Waals surface area (Å²) in [5.41, 5.74) is 0.831. The first-order valence-corrected chi connectivity index (χ1v) is 9.69. The SMILES string of the molecule is CC(C)(C)OC(=O)N1C[C@@H](c2ccc(Br)cc2)[C@H](C2C=CC=CC2)C1. The van der Waals surface area contributed by atoms with Gasteiger partial charge in [-0.3, -0.25) is 0 Å². The van der Waals surface area contributed by atoms with Gasteiger partial charge in [-0.2, -0.15) is 0 Å². The lowest BCUT2D eigenvalue weighted by Crippen LogP contribution is -2.35. The van der Waals surface area contributed by atoms with E-state index in [9.17, 15) is 4.79 Å². The number of allylic oxidation sites excluding steroid dienone is 4. The van der Waals surface area contributed by atoms with E-state index in [0.29, 0.717) is 17.8 Å². The van der Waals surface area contributed by atoms with Gasteiger partial charge in [-0.15, -0.1) is 0 Å². The Kier molecular flexibility index (Phi) is 5.38. The summed E-state index contributed by atoms with van der Waals surface area (Å²) >= 11 is 3.51. The highest BCUT2D eigenvalue weighted by molar-refractivity contribution is 9.10. The molecule has 134 valence electrons. The van der Waals surface area contributed by atoms with E-state index >= 15 is 0 Å². The summed E-state index contributed by atoms with van der Waals surface area (Å²) < 4.78 is 6.69. The van der Waals surface area contributed by atoms with Crippen LogP contribution in [0.4, 0.5) is 4.79 Å². The lowest BCUT2D eigenvalue weighted by Gasteiger charge is -2.26. The maximum atomic E-state index is 12.6. The van der Waals surface area contributed by atoms with Crippen LogP contribution in [-0.2, 0) is 4.74 Å². The molecule has 0 saturated carbocycles. The molecule has 4 heteroatoms. The second-order valence-electron chi connectivity index (χ2n) is 7.92. The van der Waals surface area contributed by atoms with Crippen molar-refractivity contribution in [2.24, 2.45) is 11.8 Å². The quantitative estimate of drug-likeness (QED) is 0.649. The van der Waals surface area contributed by atoms with E-state index in [4.69, 9.17) is 4.74 Å². The number of rotatable bonds is 2. The Bertz CT molecular complexity index is 672. The summed E-state index contributed by atoms with van der Waals surface area (Å²) in [6, 6.07) is 8.50. The third-order valence-corrected chi connectivity index (χ3v) is 5.41. The van der Waals surface area contributed by atoms with Crippen LogP contribution >= 0.6 is 15.9 Å². The minimum atomic E-state index is -0.463. The number of amides is 1. The highest BCUT2D eigenvalue weighted by Crippen LogP contribution is 2.40. The van der Waals surface area contributed by atoms with Crippen LogP contribution in [0.2, 0.25) is 0 Å². The van der Waals surface area contributed by atoms with Gasteiger partial charge in [0.1, 0.15) is 5.60 Å². The number of hydrogen-bond acceptors (Lipinski definition) is 2. The first kappa shape index (κ1) is 18.2. The zero-order chi connectivity index (χ0) is 18.0. The number of carbonyl (C=O) groups excluding carboxylic acids is 1. The summed E-state index contributed by atoms with van der Waals surface area (Å²) in [6.07, 6.45) is 9.58. The van der Waals surface area contributed by atoms with Gasteiger partial charge in [-0.05, 0) is 56.7 Å². The van der Waals surface area contributed by atoms with Crippen molar-refractivity contribution in [3.8, 4) is 0 Å². The standard InChI is InChI=1S/C21H26BrNO2/c1-21(2,3)25-20(24)23-13-18(15-7-5-4-6-8-15)19(14-23)16-9-11-17(22)12-10-16/h4-7,9-12,15,18-19H,8,13-14H2,1-3H3/t15?,18-,19-/m0/s1. The number of hydrogen-bond donors (Lipinski definition) is 0. The number of ether oxygens (including phenoxy) is 1. The average molecular weight is 404 g/mol. The molecular weight excluding hydrogens is 378 g/mol. The Labute approximate surface area is 158 Å². The molecule has 25 heavy (non-hydrogen) atoms. The molecule has 1 aliphatic heterocycles.